The van der Waals surface area contributed by atoms with Crippen LogP contribution in [-0.2, 0) is 25.6 Å². The third-order valence-electron chi connectivity index (χ3n) is 5.68. The van der Waals surface area contributed by atoms with Crippen LogP contribution < -0.4 is 4.74 Å². The van der Waals surface area contributed by atoms with Crippen molar-refractivity contribution in [2.24, 2.45) is 0 Å². The summed E-state index contributed by atoms with van der Waals surface area (Å²) in [5.74, 6) is -0.296. The first kappa shape index (κ1) is 27.6. The molecule has 0 spiro atoms. The number of benzene rings is 2. The summed E-state index contributed by atoms with van der Waals surface area (Å²) in [6.07, 6.45) is 4.24. The van der Waals surface area contributed by atoms with Crippen molar-refractivity contribution in [3.05, 3.63) is 77.9 Å². The van der Waals surface area contributed by atoms with E-state index in [-0.39, 0.29) is 24.3 Å². The summed E-state index contributed by atoms with van der Waals surface area (Å²) in [6, 6.07) is 16.8. The molecule has 1 saturated heterocycles. The van der Waals surface area contributed by atoms with Crippen LogP contribution in [0.5, 0.6) is 5.75 Å². The fourth-order valence-corrected chi connectivity index (χ4v) is 4.50. The topological polar surface area (TPSA) is 63.2 Å². The maximum absolute atomic E-state index is 12.9. The predicted molar refractivity (Wildman–Crippen MR) is 144 cm³/mol. The first-order valence-electron chi connectivity index (χ1n) is 11.9. The van der Waals surface area contributed by atoms with Crippen molar-refractivity contribution in [1.29, 1.82) is 0 Å². The summed E-state index contributed by atoms with van der Waals surface area (Å²) >= 11 is 2.33. The summed E-state index contributed by atoms with van der Waals surface area (Å²) in [6.45, 7) is 6.32. The normalized spacial score (nSPS) is 21.1. The zero-order valence-corrected chi connectivity index (χ0v) is 23.0. The van der Waals surface area contributed by atoms with Crippen molar-refractivity contribution in [1.82, 2.24) is 0 Å². The summed E-state index contributed by atoms with van der Waals surface area (Å²) in [5.41, 5.74) is 1.59. The van der Waals surface area contributed by atoms with E-state index in [0.29, 0.717) is 18.6 Å². The zero-order chi connectivity index (χ0) is 25.3. The lowest BCUT2D eigenvalue weighted by molar-refractivity contribution is -0.153. The molecule has 190 valence electrons. The Balaban J connectivity index is 1.65. The number of rotatable bonds is 12. The fraction of sp³-hybridized carbons (Fsp3) is 0.464. The van der Waals surface area contributed by atoms with Crippen molar-refractivity contribution in [3.8, 4) is 5.75 Å². The third-order valence-corrected chi connectivity index (χ3v) is 6.30. The molecule has 0 radical (unpaired) electrons. The van der Waals surface area contributed by atoms with E-state index in [2.05, 4.69) is 22.6 Å². The van der Waals surface area contributed by atoms with Crippen LogP contribution in [0.4, 0.5) is 0 Å². The molecule has 1 heterocycles. The highest BCUT2D eigenvalue weighted by Crippen LogP contribution is 2.33. The second-order valence-electron chi connectivity index (χ2n) is 8.99. The van der Waals surface area contributed by atoms with Crippen molar-refractivity contribution < 1.29 is 28.5 Å². The van der Waals surface area contributed by atoms with Crippen LogP contribution in [0.2, 0.25) is 0 Å². The Labute approximate surface area is 222 Å². The van der Waals surface area contributed by atoms with Crippen molar-refractivity contribution in [3.63, 3.8) is 0 Å². The van der Waals surface area contributed by atoms with Gasteiger partial charge in [0.25, 0.3) is 0 Å². The van der Waals surface area contributed by atoms with Crippen LogP contribution >= 0.6 is 22.6 Å². The lowest BCUT2D eigenvalue weighted by atomic mass is 10.0. The molecular weight excluding hydrogens is 559 g/mol. The van der Waals surface area contributed by atoms with E-state index in [1.54, 1.807) is 19.2 Å². The molecule has 0 saturated carbocycles. The van der Waals surface area contributed by atoms with Crippen LogP contribution in [0.15, 0.2) is 66.7 Å². The van der Waals surface area contributed by atoms with Gasteiger partial charge in [0.05, 0.1) is 31.5 Å². The molecule has 6 nitrogen and oxygen atoms in total. The number of alkyl halides is 1. The van der Waals surface area contributed by atoms with Gasteiger partial charge in [-0.2, -0.15) is 0 Å². The van der Waals surface area contributed by atoms with Crippen LogP contribution in [-0.4, -0.2) is 47.7 Å². The summed E-state index contributed by atoms with van der Waals surface area (Å²) < 4.78 is 30.4. The van der Waals surface area contributed by atoms with E-state index in [1.807, 2.05) is 75.4 Å². The number of hydrogen-bond acceptors (Lipinski definition) is 6. The number of carbonyl (C=O) groups is 1. The Bertz CT molecular complexity index is 944. The van der Waals surface area contributed by atoms with Gasteiger partial charge in [-0.3, -0.25) is 0 Å². The van der Waals surface area contributed by atoms with E-state index in [4.69, 9.17) is 23.7 Å². The molecule has 0 bridgehead atoms. The molecule has 0 aliphatic carbocycles. The molecule has 4 atom stereocenters. The quantitative estimate of drug-likeness (QED) is 0.128. The second-order valence-corrected chi connectivity index (χ2v) is 10.1. The van der Waals surface area contributed by atoms with Gasteiger partial charge in [0.2, 0.25) is 0 Å². The van der Waals surface area contributed by atoms with Crippen LogP contribution in [0.3, 0.4) is 0 Å². The predicted octanol–water partition coefficient (Wildman–Crippen LogP) is 6.12. The minimum atomic E-state index is -0.735. The van der Waals surface area contributed by atoms with Gasteiger partial charge in [-0.05, 0) is 69.5 Å². The summed E-state index contributed by atoms with van der Waals surface area (Å²) in [7, 11) is 1.65. The molecule has 1 aliphatic rings. The Morgan fingerprint density at radius 2 is 1.83 bits per heavy atom. The molecule has 0 aromatic heterocycles. The van der Waals surface area contributed by atoms with Gasteiger partial charge < -0.3 is 23.7 Å². The molecule has 3 rings (SSSR count). The lowest BCUT2D eigenvalue weighted by Gasteiger charge is -2.24. The number of hydrogen-bond donors (Lipinski definition) is 0. The Kier molecular flexibility index (Phi) is 10.6. The first-order chi connectivity index (χ1) is 16.8. The number of esters is 1. The van der Waals surface area contributed by atoms with Gasteiger partial charge in [0, 0.05) is 4.43 Å². The highest BCUT2D eigenvalue weighted by Gasteiger charge is 2.45. The monoisotopic (exact) mass is 594 g/mol. The molecule has 1 fully saturated rings. The van der Waals surface area contributed by atoms with Crippen LogP contribution in [0.1, 0.15) is 49.5 Å². The maximum Gasteiger partial charge on any atom is 0.338 e. The highest BCUT2D eigenvalue weighted by atomic mass is 127. The standard InChI is InChI=1S/C28H35IO6/c1-20(32-19-21-13-15-23(31-4)16-14-21)9-8-12-24(33-27(30)22-10-6-5-7-11-22)26-25(17-18-29)34-28(2,3)35-26/h5-8,10-16,20,24-26H,9,17-19H2,1-4H3/b12-8-. The largest absolute Gasteiger partial charge is 0.497 e. The fourth-order valence-electron chi connectivity index (χ4n) is 3.89. The number of carbonyl (C=O) groups excluding carboxylic acids is 1. The highest BCUT2D eigenvalue weighted by molar-refractivity contribution is 14.1. The van der Waals surface area contributed by atoms with Crippen LogP contribution in [0, 0.1) is 0 Å². The van der Waals surface area contributed by atoms with Gasteiger partial charge in [-0.15, -0.1) is 0 Å². The minimum absolute atomic E-state index is 0.0128. The van der Waals surface area contributed by atoms with Gasteiger partial charge in [0.15, 0.2) is 5.79 Å². The van der Waals surface area contributed by atoms with Crippen molar-refractivity contribution >= 4 is 28.6 Å². The first-order valence-corrected chi connectivity index (χ1v) is 13.4. The lowest BCUT2D eigenvalue weighted by Crippen LogP contribution is -2.38. The Morgan fingerprint density at radius 1 is 1.11 bits per heavy atom. The molecule has 35 heavy (non-hydrogen) atoms. The zero-order valence-electron chi connectivity index (χ0n) is 20.8. The van der Waals surface area contributed by atoms with Crippen LogP contribution in [0.25, 0.3) is 0 Å². The smallest absolute Gasteiger partial charge is 0.338 e. The molecule has 1 aliphatic heterocycles. The summed E-state index contributed by atoms with van der Waals surface area (Å²) in [4.78, 5) is 12.9. The molecular formula is C28H35IO6. The third kappa shape index (κ3) is 8.59. The van der Waals surface area contributed by atoms with E-state index in [1.165, 1.54) is 0 Å². The molecule has 4 unspecified atom stereocenters. The number of methoxy groups -OCH3 is 1. The van der Waals surface area contributed by atoms with Gasteiger partial charge in [-0.1, -0.05) is 59.0 Å². The van der Waals surface area contributed by atoms with E-state index in [0.717, 1.165) is 22.2 Å². The van der Waals surface area contributed by atoms with Crippen molar-refractivity contribution in [2.75, 3.05) is 11.5 Å². The Hall–Kier alpha value is -1.94. The van der Waals surface area contributed by atoms with E-state index < -0.39 is 11.9 Å². The Morgan fingerprint density at radius 3 is 2.49 bits per heavy atom. The molecule has 2 aromatic rings. The minimum Gasteiger partial charge on any atom is -0.497 e. The average molecular weight is 594 g/mol. The molecule has 2 aromatic carbocycles. The molecule has 0 amide bonds. The number of ether oxygens (including phenoxy) is 5. The van der Waals surface area contributed by atoms with Gasteiger partial charge >= 0.3 is 5.97 Å². The van der Waals surface area contributed by atoms with Crippen molar-refractivity contribution in [2.45, 2.75) is 70.4 Å². The van der Waals surface area contributed by atoms with E-state index >= 15 is 0 Å². The van der Waals surface area contributed by atoms with Gasteiger partial charge in [-0.25, -0.2) is 4.79 Å². The molecule has 0 N–H and O–H groups in total. The van der Waals surface area contributed by atoms with E-state index in [9.17, 15) is 4.79 Å². The summed E-state index contributed by atoms with van der Waals surface area (Å²) in [5, 5.41) is 0. The SMILES string of the molecule is COc1ccc(COC(C)C/C=C\C(OC(=O)c2ccccc2)C2OC(C)(C)OC2CCI)cc1. The average Bonchev–Trinajstić information content (AvgIpc) is 3.17. The van der Waals surface area contributed by atoms with Gasteiger partial charge in [0.1, 0.15) is 18.0 Å². The molecule has 7 heteroatoms. The number of halogens is 1. The second kappa shape index (κ2) is 13.4. The maximum atomic E-state index is 12.9.